The van der Waals surface area contributed by atoms with Gasteiger partial charge in [0.1, 0.15) is 6.61 Å². The quantitative estimate of drug-likeness (QED) is 0.196. The van der Waals surface area contributed by atoms with Gasteiger partial charge in [0.15, 0.2) is 0 Å². The fourth-order valence-corrected chi connectivity index (χ4v) is 1.63. The molecule has 0 aromatic carbocycles. The van der Waals surface area contributed by atoms with Crippen LogP contribution in [0.1, 0.15) is 19.8 Å². The Kier molecular flexibility index (Phi) is 10.2. The van der Waals surface area contributed by atoms with Crippen LogP contribution >= 0.6 is 0 Å². The third-order valence-electron chi connectivity index (χ3n) is 3.00. The van der Waals surface area contributed by atoms with Gasteiger partial charge in [-0.3, -0.25) is 0 Å². The van der Waals surface area contributed by atoms with Crippen LogP contribution in [0.4, 0.5) is 0 Å². The van der Waals surface area contributed by atoms with Gasteiger partial charge in [-0.25, -0.2) is 19.1 Å². The minimum absolute atomic E-state index is 0.103. The van der Waals surface area contributed by atoms with Crippen molar-refractivity contribution in [2.45, 2.75) is 37.6 Å². The number of aliphatic hydroxyl groups excluding tert-OH is 3. The van der Waals surface area contributed by atoms with Crippen molar-refractivity contribution in [2.24, 2.45) is 0 Å². The van der Waals surface area contributed by atoms with Crippen molar-refractivity contribution < 1.29 is 48.7 Å². The third-order valence-corrected chi connectivity index (χ3v) is 3.00. The van der Waals surface area contributed by atoms with Crippen LogP contribution in [0.5, 0.6) is 0 Å². The number of ether oxygens (including phenoxy) is 4. The van der Waals surface area contributed by atoms with Gasteiger partial charge in [-0.2, -0.15) is 0 Å². The second-order valence-corrected chi connectivity index (χ2v) is 5.07. The summed E-state index contributed by atoms with van der Waals surface area (Å²) >= 11 is 0. The third kappa shape index (κ3) is 6.94. The van der Waals surface area contributed by atoms with Crippen LogP contribution in [0, 0.1) is 0 Å². The van der Waals surface area contributed by atoms with Crippen LogP contribution in [-0.2, 0) is 33.3 Å². The normalized spacial score (nSPS) is 20.0. The second-order valence-electron chi connectivity index (χ2n) is 5.07. The summed E-state index contributed by atoms with van der Waals surface area (Å²) in [5, 5.41) is 26.1. The Bertz CT molecular complexity index is 548. The van der Waals surface area contributed by atoms with Gasteiger partial charge < -0.3 is 29.5 Å². The van der Waals surface area contributed by atoms with Crippen molar-refractivity contribution in [3.63, 3.8) is 0 Å². The first-order valence-electron chi connectivity index (χ1n) is 7.85. The Labute approximate surface area is 156 Å². The van der Waals surface area contributed by atoms with Gasteiger partial charge in [-0.05, 0) is 6.42 Å². The zero-order valence-electron chi connectivity index (χ0n) is 15.0. The molecule has 2 atom stereocenters. The molecule has 152 valence electrons. The van der Waals surface area contributed by atoms with E-state index in [1.807, 2.05) is 6.92 Å². The highest BCUT2D eigenvalue weighted by Gasteiger charge is 2.82. The maximum atomic E-state index is 11.2. The standard InChI is InChI=1S/C12H12O8.C5H12O2/c1-4-8(14)17-11(7-13)12(20-11,18-9(15)5-2)19-10(16)6-3;1-2-3-5(7)4-6/h4-6,13H,1-3,7H2;5-7H,2-4H2,1H3. The molecule has 10 nitrogen and oxygen atoms in total. The predicted molar refractivity (Wildman–Crippen MR) is 90.5 cm³/mol. The zero-order valence-corrected chi connectivity index (χ0v) is 15.0. The molecule has 1 aliphatic heterocycles. The Balaban J connectivity index is 0.000000821. The van der Waals surface area contributed by atoms with E-state index in [-0.39, 0.29) is 6.61 Å². The van der Waals surface area contributed by atoms with E-state index >= 15 is 0 Å². The highest BCUT2D eigenvalue weighted by atomic mass is 17.0. The van der Waals surface area contributed by atoms with Gasteiger partial charge in [-0.1, -0.05) is 33.1 Å². The molecule has 1 heterocycles. The minimum Gasteiger partial charge on any atom is -0.416 e. The van der Waals surface area contributed by atoms with Gasteiger partial charge in [0.25, 0.3) is 0 Å². The summed E-state index contributed by atoms with van der Waals surface area (Å²) in [6, 6.07) is 0. The molecule has 0 amide bonds. The van der Waals surface area contributed by atoms with Crippen LogP contribution in [0.25, 0.3) is 0 Å². The molecule has 0 saturated carbocycles. The summed E-state index contributed by atoms with van der Waals surface area (Å²) in [6.45, 7) is 10.4. The van der Waals surface area contributed by atoms with Crippen LogP contribution in [0.15, 0.2) is 38.0 Å². The summed E-state index contributed by atoms with van der Waals surface area (Å²) in [7, 11) is 0. The largest absolute Gasteiger partial charge is 0.453 e. The second kappa shape index (κ2) is 11.2. The Morgan fingerprint density at radius 2 is 1.44 bits per heavy atom. The van der Waals surface area contributed by atoms with Crippen molar-refractivity contribution in [3.05, 3.63) is 38.0 Å². The lowest BCUT2D eigenvalue weighted by atomic mass is 10.2. The van der Waals surface area contributed by atoms with Crippen LogP contribution in [0.3, 0.4) is 0 Å². The van der Waals surface area contributed by atoms with Crippen molar-refractivity contribution in [1.29, 1.82) is 0 Å². The number of carbonyl (C=O) groups is 3. The molecular weight excluding hydrogens is 364 g/mol. The summed E-state index contributed by atoms with van der Waals surface area (Å²) in [5.74, 6) is -7.57. The first-order chi connectivity index (χ1) is 12.7. The maximum absolute atomic E-state index is 11.2. The molecule has 2 unspecified atom stereocenters. The fourth-order valence-electron chi connectivity index (χ4n) is 1.63. The molecule has 1 saturated heterocycles. The lowest BCUT2D eigenvalue weighted by Gasteiger charge is -2.16. The van der Waals surface area contributed by atoms with E-state index in [1.54, 1.807) is 0 Å². The van der Waals surface area contributed by atoms with Gasteiger partial charge in [0, 0.05) is 18.2 Å². The molecule has 0 radical (unpaired) electrons. The van der Waals surface area contributed by atoms with E-state index in [0.717, 1.165) is 24.6 Å². The van der Waals surface area contributed by atoms with Gasteiger partial charge in [0.2, 0.25) is 0 Å². The number of aliphatic hydroxyl groups is 3. The van der Waals surface area contributed by atoms with Gasteiger partial charge in [0.05, 0.1) is 12.7 Å². The Morgan fingerprint density at radius 1 is 1.00 bits per heavy atom. The number of epoxide rings is 1. The number of hydrogen-bond donors (Lipinski definition) is 3. The molecule has 0 bridgehead atoms. The van der Waals surface area contributed by atoms with Crippen LogP contribution < -0.4 is 0 Å². The van der Waals surface area contributed by atoms with Crippen molar-refractivity contribution in [1.82, 2.24) is 0 Å². The Morgan fingerprint density at radius 3 is 1.74 bits per heavy atom. The molecule has 27 heavy (non-hydrogen) atoms. The average Bonchev–Trinajstić information content (AvgIpc) is 3.27. The topological polar surface area (TPSA) is 152 Å². The predicted octanol–water partition coefficient (Wildman–Crippen LogP) is -0.314. The highest BCUT2D eigenvalue weighted by molar-refractivity contribution is 5.84. The Hall–Kier alpha value is -2.53. The minimum atomic E-state index is -2.39. The molecule has 1 aliphatic rings. The summed E-state index contributed by atoms with van der Waals surface area (Å²) in [6.07, 6.45) is 3.46. The molecule has 0 aromatic rings. The first-order valence-corrected chi connectivity index (χ1v) is 7.85. The first kappa shape index (κ1) is 24.5. The van der Waals surface area contributed by atoms with Crippen LogP contribution in [-0.4, -0.2) is 64.3 Å². The lowest BCUT2D eigenvalue weighted by Crippen LogP contribution is -2.40. The van der Waals surface area contributed by atoms with Crippen LogP contribution in [0.2, 0.25) is 0 Å². The van der Waals surface area contributed by atoms with Crippen molar-refractivity contribution >= 4 is 17.9 Å². The number of esters is 3. The van der Waals surface area contributed by atoms with E-state index < -0.39 is 42.4 Å². The monoisotopic (exact) mass is 388 g/mol. The van der Waals surface area contributed by atoms with E-state index in [2.05, 4.69) is 29.2 Å². The highest BCUT2D eigenvalue weighted by Crippen LogP contribution is 2.51. The molecule has 1 fully saturated rings. The number of hydrogen-bond acceptors (Lipinski definition) is 10. The van der Waals surface area contributed by atoms with Gasteiger partial charge >= 0.3 is 29.7 Å². The van der Waals surface area contributed by atoms with Gasteiger partial charge in [-0.15, -0.1) is 0 Å². The molecular formula is C17H24O10. The maximum Gasteiger partial charge on any atom is 0.453 e. The molecule has 0 spiro atoms. The smallest absolute Gasteiger partial charge is 0.416 e. The number of rotatable bonds is 10. The van der Waals surface area contributed by atoms with E-state index in [4.69, 9.17) is 19.7 Å². The van der Waals surface area contributed by atoms with E-state index in [9.17, 15) is 19.5 Å². The SMILES string of the molecule is C=CC(=O)OC1(CO)OC1(OC(=O)C=C)OC(=O)C=C.CCCC(O)CO. The molecule has 0 aromatic heterocycles. The van der Waals surface area contributed by atoms with E-state index in [1.165, 1.54) is 0 Å². The molecule has 1 rings (SSSR count). The zero-order chi connectivity index (χ0) is 21.1. The van der Waals surface area contributed by atoms with Crippen molar-refractivity contribution in [2.75, 3.05) is 13.2 Å². The lowest BCUT2D eigenvalue weighted by molar-refractivity contribution is -0.225. The van der Waals surface area contributed by atoms with E-state index in [0.29, 0.717) is 6.42 Å². The average molecular weight is 388 g/mol. The molecule has 0 aliphatic carbocycles. The molecule has 3 N–H and O–H groups in total. The summed E-state index contributed by atoms with van der Waals surface area (Å²) in [5.41, 5.74) is 0. The summed E-state index contributed by atoms with van der Waals surface area (Å²) < 4.78 is 18.9. The fraction of sp³-hybridized carbons (Fsp3) is 0.471. The number of carbonyl (C=O) groups excluding carboxylic acids is 3. The van der Waals surface area contributed by atoms with Crippen molar-refractivity contribution in [3.8, 4) is 0 Å². The molecule has 10 heteroatoms. The summed E-state index contributed by atoms with van der Waals surface area (Å²) in [4.78, 5) is 33.6.